The van der Waals surface area contributed by atoms with Gasteiger partial charge in [-0.15, -0.1) is 5.10 Å². The first kappa shape index (κ1) is 17.1. The molecular weight excluding hydrogens is 272 g/mol. The largest absolute Gasteiger partial charge is 0.461 e. The molecule has 0 saturated carbocycles. The normalized spacial score (nSPS) is 12.3. The van der Waals surface area contributed by atoms with Gasteiger partial charge in [-0.3, -0.25) is 4.79 Å². The number of ether oxygens (including phenoxy) is 1. The second kappa shape index (κ2) is 7.75. The summed E-state index contributed by atoms with van der Waals surface area (Å²) in [6.45, 7) is 9.91. The summed E-state index contributed by atoms with van der Waals surface area (Å²) in [6.07, 6.45) is 0.856. The molecular formula is C14H24N4O3. The van der Waals surface area contributed by atoms with Crippen LogP contribution in [0.1, 0.15) is 50.3 Å². The summed E-state index contributed by atoms with van der Waals surface area (Å²) in [5, 5.41) is 10.5. The summed E-state index contributed by atoms with van der Waals surface area (Å²) in [5.74, 6) is -0.403. The van der Waals surface area contributed by atoms with Crippen LogP contribution in [0.3, 0.4) is 0 Å². The quantitative estimate of drug-likeness (QED) is 0.767. The SMILES string of the molecule is CCC(C)NC(=O)Cn1nnc(C(=O)OCC(C)C)c1C. The van der Waals surface area contributed by atoms with Crippen LogP contribution >= 0.6 is 0 Å². The molecule has 1 unspecified atom stereocenters. The fourth-order valence-corrected chi connectivity index (χ4v) is 1.57. The number of nitrogens with one attached hydrogen (secondary N) is 1. The lowest BCUT2D eigenvalue weighted by molar-refractivity contribution is -0.122. The van der Waals surface area contributed by atoms with Gasteiger partial charge in [0.2, 0.25) is 5.91 Å². The smallest absolute Gasteiger partial charge is 0.360 e. The van der Waals surface area contributed by atoms with Crippen LogP contribution in [0.2, 0.25) is 0 Å². The maximum Gasteiger partial charge on any atom is 0.360 e. The highest BCUT2D eigenvalue weighted by Gasteiger charge is 2.19. The summed E-state index contributed by atoms with van der Waals surface area (Å²) in [7, 11) is 0. The van der Waals surface area contributed by atoms with Crippen molar-refractivity contribution < 1.29 is 14.3 Å². The Labute approximate surface area is 125 Å². The first-order chi connectivity index (χ1) is 9.85. The Morgan fingerprint density at radius 2 is 2.00 bits per heavy atom. The second-order valence-electron chi connectivity index (χ2n) is 5.55. The van der Waals surface area contributed by atoms with E-state index in [1.807, 2.05) is 27.7 Å². The van der Waals surface area contributed by atoms with Crippen molar-refractivity contribution in [3.63, 3.8) is 0 Å². The molecule has 0 radical (unpaired) electrons. The minimum absolute atomic E-state index is 0.0423. The van der Waals surface area contributed by atoms with Crippen molar-refractivity contribution in [2.75, 3.05) is 6.61 Å². The van der Waals surface area contributed by atoms with Gasteiger partial charge in [-0.05, 0) is 26.2 Å². The highest BCUT2D eigenvalue weighted by Crippen LogP contribution is 2.07. The lowest BCUT2D eigenvalue weighted by Crippen LogP contribution is -2.35. The van der Waals surface area contributed by atoms with Gasteiger partial charge in [0.05, 0.1) is 12.3 Å². The second-order valence-corrected chi connectivity index (χ2v) is 5.55. The Kier molecular flexibility index (Phi) is 6.33. The van der Waals surface area contributed by atoms with Gasteiger partial charge in [0, 0.05) is 6.04 Å². The van der Waals surface area contributed by atoms with E-state index in [2.05, 4.69) is 15.6 Å². The summed E-state index contributed by atoms with van der Waals surface area (Å²) >= 11 is 0. The molecule has 1 rings (SSSR count). The topological polar surface area (TPSA) is 86.1 Å². The molecule has 0 aliphatic rings. The van der Waals surface area contributed by atoms with Crippen LogP contribution in [-0.4, -0.2) is 39.5 Å². The van der Waals surface area contributed by atoms with E-state index in [4.69, 9.17) is 4.74 Å². The number of carbonyl (C=O) groups excluding carboxylic acids is 2. The van der Waals surface area contributed by atoms with E-state index in [0.29, 0.717) is 12.3 Å². The molecule has 1 aromatic heterocycles. The Balaban J connectivity index is 2.67. The molecule has 0 aliphatic heterocycles. The van der Waals surface area contributed by atoms with Gasteiger partial charge in [0.15, 0.2) is 5.69 Å². The van der Waals surface area contributed by atoms with E-state index in [-0.39, 0.29) is 30.1 Å². The molecule has 1 atom stereocenters. The van der Waals surface area contributed by atoms with Crippen molar-refractivity contribution in [1.82, 2.24) is 20.3 Å². The van der Waals surface area contributed by atoms with E-state index in [9.17, 15) is 9.59 Å². The maximum atomic E-state index is 11.9. The maximum absolute atomic E-state index is 11.9. The number of nitrogens with zero attached hydrogens (tertiary/aromatic N) is 3. The van der Waals surface area contributed by atoms with Gasteiger partial charge >= 0.3 is 5.97 Å². The van der Waals surface area contributed by atoms with Gasteiger partial charge in [0.1, 0.15) is 6.54 Å². The van der Waals surface area contributed by atoms with Crippen molar-refractivity contribution in [1.29, 1.82) is 0 Å². The zero-order valence-electron chi connectivity index (χ0n) is 13.3. The van der Waals surface area contributed by atoms with Crippen LogP contribution in [0, 0.1) is 12.8 Å². The van der Waals surface area contributed by atoms with E-state index in [1.165, 1.54) is 4.68 Å². The molecule has 0 aromatic carbocycles. The third-order valence-corrected chi connectivity index (χ3v) is 3.04. The van der Waals surface area contributed by atoms with Crippen LogP contribution in [0.15, 0.2) is 0 Å². The number of aromatic nitrogens is 3. The van der Waals surface area contributed by atoms with Crippen molar-refractivity contribution in [3.05, 3.63) is 11.4 Å². The zero-order valence-corrected chi connectivity index (χ0v) is 13.3. The van der Waals surface area contributed by atoms with Crippen LogP contribution in [0.25, 0.3) is 0 Å². The molecule has 0 spiro atoms. The van der Waals surface area contributed by atoms with Gasteiger partial charge in [0.25, 0.3) is 0 Å². The van der Waals surface area contributed by atoms with E-state index in [1.54, 1.807) is 6.92 Å². The molecule has 0 saturated heterocycles. The minimum Gasteiger partial charge on any atom is -0.461 e. The molecule has 7 nitrogen and oxygen atoms in total. The van der Waals surface area contributed by atoms with Crippen LogP contribution in [-0.2, 0) is 16.1 Å². The number of carbonyl (C=O) groups is 2. The van der Waals surface area contributed by atoms with Crippen molar-refractivity contribution >= 4 is 11.9 Å². The highest BCUT2D eigenvalue weighted by atomic mass is 16.5. The van der Waals surface area contributed by atoms with Crippen molar-refractivity contribution in [2.24, 2.45) is 5.92 Å². The van der Waals surface area contributed by atoms with Gasteiger partial charge in [-0.2, -0.15) is 0 Å². The molecule has 0 bridgehead atoms. The number of hydrogen-bond donors (Lipinski definition) is 1. The first-order valence-corrected chi connectivity index (χ1v) is 7.21. The Morgan fingerprint density at radius 1 is 1.33 bits per heavy atom. The standard InChI is InChI=1S/C14H24N4O3/c1-6-10(4)15-12(19)7-18-11(5)13(16-17-18)14(20)21-8-9(2)3/h9-10H,6-8H2,1-5H3,(H,15,19). The monoisotopic (exact) mass is 296 g/mol. The van der Waals surface area contributed by atoms with Crippen LogP contribution < -0.4 is 5.32 Å². The van der Waals surface area contributed by atoms with Crippen LogP contribution in [0.4, 0.5) is 0 Å². The van der Waals surface area contributed by atoms with Crippen LogP contribution in [0.5, 0.6) is 0 Å². The molecule has 118 valence electrons. The van der Waals surface area contributed by atoms with E-state index in [0.717, 1.165) is 6.42 Å². The molecule has 1 amide bonds. The van der Waals surface area contributed by atoms with Gasteiger partial charge < -0.3 is 10.1 Å². The average Bonchev–Trinajstić information content (AvgIpc) is 2.77. The summed E-state index contributed by atoms with van der Waals surface area (Å²) < 4.78 is 6.52. The third kappa shape index (κ3) is 5.17. The predicted molar refractivity (Wildman–Crippen MR) is 77.8 cm³/mol. The van der Waals surface area contributed by atoms with E-state index < -0.39 is 5.97 Å². The molecule has 1 N–H and O–H groups in total. The first-order valence-electron chi connectivity index (χ1n) is 7.21. The summed E-state index contributed by atoms with van der Waals surface area (Å²) in [6, 6.07) is 0.108. The van der Waals surface area contributed by atoms with Crippen molar-refractivity contribution in [3.8, 4) is 0 Å². The van der Waals surface area contributed by atoms with Gasteiger partial charge in [-0.1, -0.05) is 26.0 Å². The molecule has 7 heteroatoms. The van der Waals surface area contributed by atoms with E-state index >= 15 is 0 Å². The number of esters is 1. The lowest BCUT2D eigenvalue weighted by atomic mass is 10.2. The third-order valence-electron chi connectivity index (χ3n) is 3.04. The van der Waals surface area contributed by atoms with Gasteiger partial charge in [-0.25, -0.2) is 9.48 Å². The predicted octanol–water partition coefficient (Wildman–Crippen LogP) is 1.31. The zero-order chi connectivity index (χ0) is 16.0. The summed E-state index contributed by atoms with van der Waals surface area (Å²) in [5.41, 5.74) is 0.690. The fraction of sp³-hybridized carbons (Fsp3) is 0.714. The number of hydrogen-bond acceptors (Lipinski definition) is 5. The molecule has 0 fully saturated rings. The molecule has 21 heavy (non-hydrogen) atoms. The molecule has 1 aromatic rings. The Morgan fingerprint density at radius 3 is 2.57 bits per heavy atom. The average molecular weight is 296 g/mol. The Bertz CT molecular complexity index is 496. The highest BCUT2D eigenvalue weighted by molar-refractivity contribution is 5.88. The number of rotatable bonds is 7. The lowest BCUT2D eigenvalue weighted by Gasteiger charge is -2.11. The molecule has 1 heterocycles. The Hall–Kier alpha value is -1.92. The minimum atomic E-state index is -0.505. The number of amides is 1. The fourth-order valence-electron chi connectivity index (χ4n) is 1.57. The van der Waals surface area contributed by atoms with Crippen molar-refractivity contribution in [2.45, 2.75) is 53.6 Å². The molecule has 0 aliphatic carbocycles. The summed E-state index contributed by atoms with van der Waals surface area (Å²) in [4.78, 5) is 23.7.